The lowest BCUT2D eigenvalue weighted by Gasteiger charge is -1.78. The Labute approximate surface area is 42.0 Å². The van der Waals surface area contributed by atoms with Crippen LogP contribution in [-0.2, 0) is 0 Å². The van der Waals surface area contributed by atoms with E-state index in [0.29, 0.717) is 6.42 Å². The molecule has 0 amide bonds. The van der Waals surface area contributed by atoms with Crippen molar-refractivity contribution >= 4 is 0 Å². The first kappa shape index (κ1) is 4.15. The van der Waals surface area contributed by atoms with Crippen molar-refractivity contribution in [2.45, 2.75) is 6.42 Å². The van der Waals surface area contributed by atoms with Gasteiger partial charge in [0.15, 0.2) is 0 Å². The molecule has 33 valence electrons. The second-order valence-electron chi connectivity index (χ2n) is 1.60. The SMILES string of the molecule is N#CC1(C#N)[CH]C1. The van der Waals surface area contributed by atoms with Gasteiger partial charge < -0.3 is 0 Å². The Morgan fingerprint density at radius 1 is 1.43 bits per heavy atom. The molecule has 0 aliphatic heterocycles. The van der Waals surface area contributed by atoms with Gasteiger partial charge in [0, 0.05) is 0 Å². The second kappa shape index (κ2) is 0.978. The fourth-order valence-corrected chi connectivity index (χ4v) is 0.310. The summed E-state index contributed by atoms with van der Waals surface area (Å²) in [5.74, 6) is 0. The number of rotatable bonds is 0. The Kier molecular flexibility index (Phi) is 0.580. The molecule has 0 heterocycles. The fraction of sp³-hybridized carbons (Fsp3) is 0.400. The van der Waals surface area contributed by atoms with E-state index in [0.717, 1.165) is 0 Å². The highest BCUT2D eigenvalue weighted by molar-refractivity contribution is 5.33. The van der Waals surface area contributed by atoms with Crippen molar-refractivity contribution in [3.63, 3.8) is 0 Å². The molecule has 1 rings (SSSR count). The van der Waals surface area contributed by atoms with E-state index in [1.807, 2.05) is 12.1 Å². The van der Waals surface area contributed by atoms with Crippen LogP contribution in [0.3, 0.4) is 0 Å². The van der Waals surface area contributed by atoms with Crippen molar-refractivity contribution in [3.8, 4) is 12.1 Å². The van der Waals surface area contributed by atoms with Crippen molar-refractivity contribution in [3.05, 3.63) is 6.42 Å². The van der Waals surface area contributed by atoms with Crippen LogP contribution in [-0.4, -0.2) is 0 Å². The van der Waals surface area contributed by atoms with Gasteiger partial charge in [0.05, 0.1) is 12.1 Å². The molecule has 0 atom stereocenters. The van der Waals surface area contributed by atoms with Crippen LogP contribution in [0.4, 0.5) is 0 Å². The first-order chi connectivity index (χ1) is 3.33. The van der Waals surface area contributed by atoms with E-state index in [4.69, 9.17) is 10.5 Å². The van der Waals surface area contributed by atoms with E-state index in [1.165, 1.54) is 0 Å². The van der Waals surface area contributed by atoms with Gasteiger partial charge in [-0.25, -0.2) is 0 Å². The summed E-state index contributed by atoms with van der Waals surface area (Å²) in [6, 6.07) is 3.77. The molecular weight excluding hydrogens is 88.1 g/mol. The molecular formula is C5H3N2. The molecule has 1 fully saturated rings. The maximum atomic E-state index is 8.15. The predicted molar refractivity (Wildman–Crippen MR) is 22.6 cm³/mol. The van der Waals surface area contributed by atoms with Crippen molar-refractivity contribution in [2.75, 3.05) is 0 Å². The maximum absolute atomic E-state index is 8.15. The van der Waals surface area contributed by atoms with E-state index in [1.54, 1.807) is 6.42 Å². The molecule has 0 bridgehead atoms. The zero-order valence-electron chi connectivity index (χ0n) is 3.68. The topological polar surface area (TPSA) is 47.6 Å². The van der Waals surface area contributed by atoms with Gasteiger partial charge in [-0.15, -0.1) is 0 Å². The Hall–Kier alpha value is -1.02. The summed E-state index contributed by atoms with van der Waals surface area (Å²) in [5, 5.41) is 16.3. The van der Waals surface area contributed by atoms with Gasteiger partial charge in [-0.1, -0.05) is 0 Å². The van der Waals surface area contributed by atoms with Crippen LogP contribution in [0.2, 0.25) is 0 Å². The Bertz CT molecular complexity index is 138. The lowest BCUT2D eigenvalue weighted by Crippen LogP contribution is -1.86. The summed E-state index contributed by atoms with van der Waals surface area (Å²) in [6.45, 7) is 0. The number of hydrogen-bond donors (Lipinski definition) is 0. The standard InChI is InChI=1S/C5H3N2/c6-3-5(4-7)1-2-5/h1H,2H2. The van der Waals surface area contributed by atoms with Gasteiger partial charge in [0.2, 0.25) is 0 Å². The summed E-state index contributed by atoms with van der Waals surface area (Å²) in [7, 11) is 0. The number of hydrogen-bond acceptors (Lipinski definition) is 2. The van der Waals surface area contributed by atoms with Crippen LogP contribution in [0, 0.1) is 34.5 Å². The molecule has 2 nitrogen and oxygen atoms in total. The molecule has 1 aliphatic rings. The van der Waals surface area contributed by atoms with Crippen LogP contribution in [0.5, 0.6) is 0 Å². The average molecular weight is 91.1 g/mol. The van der Waals surface area contributed by atoms with Crippen molar-refractivity contribution in [1.82, 2.24) is 0 Å². The quantitative estimate of drug-likeness (QED) is 0.439. The van der Waals surface area contributed by atoms with E-state index < -0.39 is 5.41 Å². The molecule has 0 N–H and O–H groups in total. The molecule has 0 aromatic carbocycles. The van der Waals surface area contributed by atoms with Gasteiger partial charge in [-0.05, 0) is 12.8 Å². The van der Waals surface area contributed by atoms with Crippen LogP contribution in [0.25, 0.3) is 0 Å². The minimum absolute atomic E-state index is 0.653. The van der Waals surface area contributed by atoms with Gasteiger partial charge in [0.1, 0.15) is 5.41 Å². The van der Waals surface area contributed by atoms with Crippen molar-refractivity contribution < 1.29 is 0 Å². The molecule has 2 heteroatoms. The fourth-order valence-electron chi connectivity index (χ4n) is 0.310. The molecule has 0 aromatic rings. The smallest absolute Gasteiger partial charge is 0.147 e. The minimum atomic E-state index is -0.681. The number of nitrogens with zero attached hydrogens (tertiary/aromatic N) is 2. The Morgan fingerprint density at radius 3 is 1.86 bits per heavy atom. The summed E-state index contributed by atoms with van der Waals surface area (Å²) in [4.78, 5) is 0. The van der Waals surface area contributed by atoms with Crippen molar-refractivity contribution in [2.24, 2.45) is 5.41 Å². The minimum Gasteiger partial charge on any atom is -0.197 e. The van der Waals surface area contributed by atoms with Crippen molar-refractivity contribution in [1.29, 1.82) is 10.5 Å². The van der Waals surface area contributed by atoms with Crippen LogP contribution in [0.15, 0.2) is 0 Å². The normalized spacial score (nSPS) is 22.0. The first-order valence-electron chi connectivity index (χ1n) is 2.00. The molecule has 1 radical (unpaired) electrons. The van der Waals surface area contributed by atoms with Gasteiger partial charge in [0.25, 0.3) is 0 Å². The largest absolute Gasteiger partial charge is 0.197 e. The van der Waals surface area contributed by atoms with Crippen LogP contribution < -0.4 is 0 Å². The molecule has 7 heavy (non-hydrogen) atoms. The van der Waals surface area contributed by atoms with Gasteiger partial charge in [-0.3, -0.25) is 0 Å². The number of nitriles is 2. The zero-order chi connectivity index (χ0) is 5.33. The van der Waals surface area contributed by atoms with Gasteiger partial charge >= 0.3 is 0 Å². The summed E-state index contributed by atoms with van der Waals surface area (Å²) < 4.78 is 0. The second-order valence-corrected chi connectivity index (χ2v) is 1.60. The first-order valence-corrected chi connectivity index (χ1v) is 2.00. The molecule has 0 spiro atoms. The third kappa shape index (κ3) is 0.444. The summed E-state index contributed by atoms with van der Waals surface area (Å²) in [6.07, 6.45) is 2.35. The maximum Gasteiger partial charge on any atom is 0.147 e. The molecule has 0 saturated heterocycles. The molecule has 1 aliphatic carbocycles. The zero-order valence-corrected chi connectivity index (χ0v) is 3.68. The average Bonchev–Trinajstić information content (AvgIpc) is 2.46. The molecule has 0 aromatic heterocycles. The van der Waals surface area contributed by atoms with E-state index >= 15 is 0 Å². The van der Waals surface area contributed by atoms with Gasteiger partial charge in [-0.2, -0.15) is 10.5 Å². The third-order valence-electron chi connectivity index (χ3n) is 1.01. The summed E-state index contributed by atoms with van der Waals surface area (Å²) in [5.41, 5.74) is -0.681. The molecule has 0 unspecified atom stereocenters. The van der Waals surface area contributed by atoms with Crippen LogP contribution >= 0.6 is 0 Å². The summed E-state index contributed by atoms with van der Waals surface area (Å²) >= 11 is 0. The van der Waals surface area contributed by atoms with E-state index in [9.17, 15) is 0 Å². The Balaban J connectivity index is 2.70. The highest BCUT2D eigenvalue weighted by Gasteiger charge is 2.44. The predicted octanol–water partition coefficient (Wildman–Crippen LogP) is 0.628. The van der Waals surface area contributed by atoms with Crippen LogP contribution in [0.1, 0.15) is 6.42 Å². The highest BCUT2D eigenvalue weighted by atomic mass is 14.5. The third-order valence-corrected chi connectivity index (χ3v) is 1.01. The van der Waals surface area contributed by atoms with E-state index in [2.05, 4.69) is 0 Å². The monoisotopic (exact) mass is 91.0 g/mol. The lowest BCUT2D eigenvalue weighted by atomic mass is 10.2. The highest BCUT2D eigenvalue weighted by Crippen LogP contribution is 2.42. The molecule has 1 saturated carbocycles. The Morgan fingerprint density at radius 2 is 1.86 bits per heavy atom. The van der Waals surface area contributed by atoms with E-state index in [-0.39, 0.29) is 0 Å². The lowest BCUT2D eigenvalue weighted by molar-refractivity contribution is 0.931.